The summed E-state index contributed by atoms with van der Waals surface area (Å²) < 4.78 is 10.7. The van der Waals surface area contributed by atoms with E-state index in [4.69, 9.17) is 14.3 Å². The first-order chi connectivity index (χ1) is 12.1. The molecule has 1 aliphatic carbocycles. The second-order valence-corrected chi connectivity index (χ2v) is 6.64. The van der Waals surface area contributed by atoms with Crippen LogP contribution in [0.1, 0.15) is 44.1 Å². The van der Waals surface area contributed by atoms with Gasteiger partial charge in [-0.25, -0.2) is 0 Å². The van der Waals surface area contributed by atoms with Crippen LogP contribution in [0.2, 0.25) is 0 Å². The molecule has 2 aliphatic rings. The van der Waals surface area contributed by atoms with Crippen LogP contribution in [0.3, 0.4) is 0 Å². The Hall–Kier alpha value is -2.24. The van der Waals surface area contributed by atoms with Gasteiger partial charge in [-0.15, -0.1) is 0 Å². The van der Waals surface area contributed by atoms with E-state index >= 15 is 0 Å². The zero-order valence-electron chi connectivity index (χ0n) is 15.2. The summed E-state index contributed by atoms with van der Waals surface area (Å²) in [6, 6.07) is 5.84. The van der Waals surface area contributed by atoms with Gasteiger partial charge in [-0.05, 0) is 31.0 Å². The molecule has 0 bridgehead atoms. The molecule has 1 saturated carbocycles. The van der Waals surface area contributed by atoms with Crippen molar-refractivity contribution >= 4 is 11.6 Å². The molecule has 0 radical (unpaired) electrons. The molecular weight excluding hydrogens is 320 g/mol. The fraction of sp³-hybridized carbons (Fsp3) is 0.579. The molecule has 1 aromatic carbocycles. The van der Waals surface area contributed by atoms with Crippen molar-refractivity contribution in [3.05, 3.63) is 23.8 Å². The lowest BCUT2D eigenvalue weighted by Gasteiger charge is -2.32. The summed E-state index contributed by atoms with van der Waals surface area (Å²) in [7, 11) is 5.11. The predicted molar refractivity (Wildman–Crippen MR) is 95.2 cm³/mol. The molecule has 136 valence electrons. The number of carbonyl (C=O) groups excluding carboxylic acids is 1. The number of rotatable bonds is 5. The smallest absolute Gasteiger partial charge is 0.266 e. The summed E-state index contributed by atoms with van der Waals surface area (Å²) in [5.41, 5.74) is 1.52. The minimum Gasteiger partial charge on any atom is -0.497 e. The number of amides is 1. The number of oxime groups is 1. The number of benzene rings is 1. The number of hydrogen-bond donors (Lipinski definition) is 0. The summed E-state index contributed by atoms with van der Waals surface area (Å²) in [5, 5.41) is 4.15. The van der Waals surface area contributed by atoms with Crippen LogP contribution < -0.4 is 9.47 Å². The van der Waals surface area contributed by atoms with E-state index in [2.05, 4.69) is 5.16 Å². The second-order valence-electron chi connectivity index (χ2n) is 6.64. The van der Waals surface area contributed by atoms with Gasteiger partial charge >= 0.3 is 0 Å². The van der Waals surface area contributed by atoms with Crippen LogP contribution in [0.25, 0.3) is 0 Å². The van der Waals surface area contributed by atoms with Crippen LogP contribution in [0.15, 0.2) is 23.4 Å². The Morgan fingerprint density at radius 1 is 1.20 bits per heavy atom. The average Bonchev–Trinajstić information content (AvgIpc) is 3.17. The van der Waals surface area contributed by atoms with Crippen LogP contribution in [-0.2, 0) is 9.63 Å². The Balaban J connectivity index is 1.69. The van der Waals surface area contributed by atoms with Crippen LogP contribution >= 0.6 is 0 Å². The average molecular weight is 346 g/mol. The molecule has 1 fully saturated rings. The molecular formula is C19H26N2O4. The maximum atomic E-state index is 12.8. The van der Waals surface area contributed by atoms with Gasteiger partial charge < -0.3 is 19.2 Å². The number of hydrogen-bond acceptors (Lipinski definition) is 5. The van der Waals surface area contributed by atoms with Crippen LogP contribution in [0.5, 0.6) is 11.5 Å². The topological polar surface area (TPSA) is 60.4 Å². The molecule has 3 rings (SSSR count). The minimum absolute atomic E-state index is 0.00696. The number of likely N-dealkylation sites (N-methyl/N-ethyl adjacent to an activating group) is 1. The molecule has 1 aromatic rings. The third-order valence-corrected chi connectivity index (χ3v) is 5.13. The van der Waals surface area contributed by atoms with Gasteiger partial charge in [0.15, 0.2) is 0 Å². The predicted octanol–water partition coefficient (Wildman–Crippen LogP) is 2.99. The molecule has 1 heterocycles. The number of nitrogens with zero attached hydrogens (tertiary/aromatic N) is 2. The summed E-state index contributed by atoms with van der Waals surface area (Å²) in [6.07, 6.45) is 5.69. The summed E-state index contributed by atoms with van der Waals surface area (Å²) >= 11 is 0. The van der Waals surface area contributed by atoms with Gasteiger partial charge in [0.05, 0.1) is 19.9 Å². The molecule has 0 N–H and O–H groups in total. The maximum absolute atomic E-state index is 12.8. The van der Waals surface area contributed by atoms with E-state index in [9.17, 15) is 4.79 Å². The molecule has 1 amide bonds. The Morgan fingerprint density at radius 2 is 1.96 bits per heavy atom. The van der Waals surface area contributed by atoms with Crippen molar-refractivity contribution in [2.45, 2.75) is 50.7 Å². The number of ether oxygens (including phenoxy) is 2. The molecule has 0 spiro atoms. The van der Waals surface area contributed by atoms with Crippen LogP contribution in [0.4, 0.5) is 0 Å². The standard InChI is InChI=1S/C19H26N2O4/c1-21(13-7-5-4-6-8-13)19(22)18-12-16(20-25-18)15-11-14(23-2)9-10-17(15)24-3/h9-11,13,18H,4-8,12H2,1-3H3. The van der Waals surface area contributed by atoms with E-state index in [0.717, 1.165) is 18.4 Å². The third-order valence-electron chi connectivity index (χ3n) is 5.13. The van der Waals surface area contributed by atoms with E-state index in [-0.39, 0.29) is 5.91 Å². The van der Waals surface area contributed by atoms with Gasteiger partial charge in [0.1, 0.15) is 11.5 Å². The molecule has 6 heteroatoms. The first kappa shape index (κ1) is 17.6. The highest BCUT2D eigenvalue weighted by molar-refractivity contribution is 6.06. The second kappa shape index (κ2) is 7.76. The number of carbonyl (C=O) groups is 1. The quantitative estimate of drug-likeness (QED) is 0.822. The normalized spacial score (nSPS) is 20.6. The highest BCUT2D eigenvalue weighted by Gasteiger charge is 2.34. The molecule has 6 nitrogen and oxygen atoms in total. The van der Waals surface area contributed by atoms with Crippen molar-refractivity contribution < 1.29 is 19.1 Å². The lowest BCUT2D eigenvalue weighted by molar-refractivity contribution is -0.143. The highest BCUT2D eigenvalue weighted by Crippen LogP contribution is 2.30. The fourth-order valence-electron chi connectivity index (χ4n) is 3.58. The van der Waals surface area contributed by atoms with E-state index in [1.807, 2.05) is 30.1 Å². The van der Waals surface area contributed by atoms with Crippen molar-refractivity contribution in [1.29, 1.82) is 0 Å². The molecule has 0 aromatic heterocycles. The monoisotopic (exact) mass is 346 g/mol. The van der Waals surface area contributed by atoms with Crippen molar-refractivity contribution in [3.8, 4) is 11.5 Å². The van der Waals surface area contributed by atoms with E-state index in [1.54, 1.807) is 14.2 Å². The van der Waals surface area contributed by atoms with Gasteiger partial charge in [0.25, 0.3) is 5.91 Å². The van der Waals surface area contributed by atoms with Crippen molar-refractivity contribution in [3.63, 3.8) is 0 Å². The summed E-state index contributed by atoms with van der Waals surface area (Å²) in [6.45, 7) is 0. The third kappa shape index (κ3) is 3.72. The highest BCUT2D eigenvalue weighted by atomic mass is 16.6. The van der Waals surface area contributed by atoms with E-state index in [1.165, 1.54) is 19.3 Å². The van der Waals surface area contributed by atoms with E-state index < -0.39 is 6.10 Å². The Bertz CT molecular complexity index is 653. The SMILES string of the molecule is COc1ccc(OC)c(C2=NOC(C(=O)N(C)C3CCCCC3)C2)c1. The summed E-state index contributed by atoms with van der Waals surface area (Å²) in [4.78, 5) is 20.1. The minimum atomic E-state index is -0.558. The molecule has 1 atom stereocenters. The zero-order valence-corrected chi connectivity index (χ0v) is 15.2. The zero-order chi connectivity index (χ0) is 17.8. The molecule has 0 saturated heterocycles. The lowest BCUT2D eigenvalue weighted by Crippen LogP contribution is -2.43. The van der Waals surface area contributed by atoms with Gasteiger partial charge in [-0.1, -0.05) is 24.4 Å². The van der Waals surface area contributed by atoms with Crippen molar-refractivity contribution in [2.24, 2.45) is 5.16 Å². The Morgan fingerprint density at radius 3 is 2.64 bits per heavy atom. The first-order valence-electron chi connectivity index (χ1n) is 8.85. The lowest BCUT2D eigenvalue weighted by atomic mass is 9.94. The first-order valence-corrected chi connectivity index (χ1v) is 8.85. The largest absolute Gasteiger partial charge is 0.497 e. The maximum Gasteiger partial charge on any atom is 0.266 e. The molecule has 1 aliphatic heterocycles. The Kier molecular flexibility index (Phi) is 5.46. The van der Waals surface area contributed by atoms with Gasteiger partial charge in [-0.2, -0.15) is 0 Å². The van der Waals surface area contributed by atoms with Crippen molar-refractivity contribution in [1.82, 2.24) is 4.90 Å². The number of methoxy groups -OCH3 is 2. The van der Waals surface area contributed by atoms with Gasteiger partial charge in [0, 0.05) is 25.1 Å². The van der Waals surface area contributed by atoms with Crippen molar-refractivity contribution in [2.75, 3.05) is 21.3 Å². The van der Waals surface area contributed by atoms with Gasteiger partial charge in [-0.3, -0.25) is 4.79 Å². The Labute approximate surface area is 148 Å². The van der Waals surface area contributed by atoms with Crippen LogP contribution in [-0.4, -0.2) is 49.9 Å². The van der Waals surface area contributed by atoms with E-state index in [0.29, 0.717) is 29.7 Å². The fourth-order valence-corrected chi connectivity index (χ4v) is 3.58. The molecule has 1 unspecified atom stereocenters. The van der Waals surface area contributed by atoms with Crippen LogP contribution in [0, 0.1) is 0 Å². The van der Waals surface area contributed by atoms with Gasteiger partial charge in [0.2, 0.25) is 6.10 Å². The summed E-state index contributed by atoms with van der Waals surface area (Å²) in [5.74, 6) is 1.41. The molecule has 25 heavy (non-hydrogen) atoms.